The number of nitrogens with zero attached hydrogens (tertiary/aromatic N) is 2. The molecule has 0 aliphatic carbocycles. The minimum absolute atomic E-state index is 0.0276. The summed E-state index contributed by atoms with van der Waals surface area (Å²) in [5.41, 5.74) is 3.92. The monoisotopic (exact) mass is 390 g/mol. The van der Waals surface area contributed by atoms with E-state index >= 15 is 0 Å². The highest BCUT2D eigenvalue weighted by Gasteiger charge is 2.25. The Labute approximate surface area is 159 Å². The molecule has 0 saturated carbocycles. The number of benzene rings is 2. The predicted octanol–water partition coefficient (Wildman–Crippen LogP) is 6.25. The normalized spacial score (nSPS) is 13.7. The van der Waals surface area contributed by atoms with E-state index in [1.165, 1.54) is 12.1 Å². The lowest BCUT2D eigenvalue weighted by Gasteiger charge is -2.14. The number of aliphatic imine (C=N–C) groups is 1. The number of alkyl halides is 2. The van der Waals surface area contributed by atoms with Gasteiger partial charge in [-0.3, -0.25) is 4.99 Å². The van der Waals surface area contributed by atoms with Crippen LogP contribution in [0.25, 0.3) is 5.69 Å². The van der Waals surface area contributed by atoms with Crippen LogP contribution in [0.15, 0.2) is 59.7 Å². The zero-order valence-electron chi connectivity index (χ0n) is 13.8. The van der Waals surface area contributed by atoms with E-state index in [0.717, 1.165) is 29.4 Å². The Morgan fingerprint density at radius 1 is 1.00 bits per heavy atom. The van der Waals surface area contributed by atoms with Gasteiger partial charge in [-0.15, -0.1) is 0 Å². The van der Waals surface area contributed by atoms with Crippen LogP contribution >= 0.6 is 23.2 Å². The van der Waals surface area contributed by atoms with Gasteiger partial charge in [-0.2, -0.15) is 0 Å². The van der Waals surface area contributed by atoms with Crippen molar-refractivity contribution in [3.8, 4) is 5.69 Å². The second-order valence-electron chi connectivity index (χ2n) is 6.25. The van der Waals surface area contributed by atoms with E-state index in [4.69, 9.17) is 28.2 Å². The largest absolute Gasteiger partial charge is 0.313 e. The third kappa shape index (κ3) is 2.83. The molecule has 0 saturated heterocycles. The molecule has 0 bridgehead atoms. The number of fused-ring (bicyclic) bond motifs is 3. The van der Waals surface area contributed by atoms with E-state index in [1.54, 1.807) is 24.3 Å². The standard InChI is InChI=1S/C20H14Cl2F2N2/c1-20(23,24)13-6-4-12(5-7-13)18-17-3-2-10-26(17)19-14(11-25-18)15(21)8-9-16(19)22/h2-10H,11H2,1H3. The van der Waals surface area contributed by atoms with Crippen LogP contribution < -0.4 is 0 Å². The average molecular weight is 391 g/mol. The maximum absolute atomic E-state index is 13.5. The second-order valence-corrected chi connectivity index (χ2v) is 7.06. The predicted molar refractivity (Wildman–Crippen MR) is 101 cm³/mol. The number of halogens is 4. The van der Waals surface area contributed by atoms with Crippen molar-refractivity contribution in [2.24, 2.45) is 4.99 Å². The van der Waals surface area contributed by atoms with Crippen molar-refractivity contribution in [2.75, 3.05) is 0 Å². The van der Waals surface area contributed by atoms with Crippen LogP contribution in [0.4, 0.5) is 8.78 Å². The smallest absolute Gasteiger partial charge is 0.270 e. The summed E-state index contributed by atoms with van der Waals surface area (Å²) < 4.78 is 28.9. The number of aromatic nitrogens is 1. The van der Waals surface area contributed by atoms with Crippen molar-refractivity contribution >= 4 is 28.9 Å². The van der Waals surface area contributed by atoms with Gasteiger partial charge >= 0.3 is 0 Å². The summed E-state index contributed by atoms with van der Waals surface area (Å²) in [6.45, 7) is 1.24. The molecule has 6 heteroatoms. The molecule has 0 unspecified atom stereocenters. The lowest BCUT2D eigenvalue weighted by molar-refractivity contribution is 0.0175. The molecule has 2 nitrogen and oxygen atoms in total. The van der Waals surface area contributed by atoms with Gasteiger partial charge in [0.25, 0.3) is 5.92 Å². The van der Waals surface area contributed by atoms with Crippen molar-refractivity contribution < 1.29 is 8.78 Å². The Kier molecular flexibility index (Phi) is 4.13. The molecule has 0 fully saturated rings. The van der Waals surface area contributed by atoms with E-state index in [9.17, 15) is 8.78 Å². The Hall–Kier alpha value is -2.17. The lowest BCUT2D eigenvalue weighted by Crippen LogP contribution is -2.10. The van der Waals surface area contributed by atoms with Gasteiger partial charge < -0.3 is 4.57 Å². The Balaban J connectivity index is 1.86. The fraction of sp³-hybridized carbons (Fsp3) is 0.150. The minimum Gasteiger partial charge on any atom is -0.313 e. The van der Waals surface area contributed by atoms with Crippen LogP contribution in [-0.2, 0) is 12.5 Å². The van der Waals surface area contributed by atoms with Crippen LogP contribution in [-0.4, -0.2) is 10.3 Å². The van der Waals surface area contributed by atoms with E-state index in [0.29, 0.717) is 22.3 Å². The van der Waals surface area contributed by atoms with Gasteiger partial charge in [0, 0.05) is 34.8 Å². The molecule has 2 aromatic carbocycles. The maximum Gasteiger partial charge on any atom is 0.270 e. The minimum atomic E-state index is -2.87. The van der Waals surface area contributed by atoms with Gasteiger partial charge in [-0.25, -0.2) is 8.78 Å². The van der Waals surface area contributed by atoms with E-state index < -0.39 is 5.92 Å². The average Bonchev–Trinajstić information content (AvgIpc) is 3.00. The summed E-state index contributed by atoms with van der Waals surface area (Å²) in [7, 11) is 0. The highest BCUT2D eigenvalue weighted by Crippen LogP contribution is 2.35. The molecule has 0 N–H and O–H groups in total. The molecule has 1 aliphatic rings. The quantitative estimate of drug-likeness (QED) is 0.492. The number of hydrogen-bond donors (Lipinski definition) is 0. The van der Waals surface area contributed by atoms with Gasteiger partial charge in [-0.05, 0) is 24.3 Å². The molecule has 132 valence electrons. The Morgan fingerprint density at radius 3 is 2.38 bits per heavy atom. The molecule has 0 radical (unpaired) electrons. The zero-order chi connectivity index (χ0) is 18.5. The van der Waals surface area contributed by atoms with Crippen molar-refractivity contribution in [2.45, 2.75) is 19.4 Å². The highest BCUT2D eigenvalue weighted by molar-refractivity contribution is 6.35. The molecule has 1 aromatic heterocycles. The van der Waals surface area contributed by atoms with Crippen molar-refractivity contribution in [1.82, 2.24) is 4.57 Å². The second kappa shape index (κ2) is 6.22. The van der Waals surface area contributed by atoms with Crippen molar-refractivity contribution in [1.29, 1.82) is 0 Å². The maximum atomic E-state index is 13.5. The zero-order valence-corrected chi connectivity index (χ0v) is 15.3. The summed E-state index contributed by atoms with van der Waals surface area (Å²) >= 11 is 12.8. The van der Waals surface area contributed by atoms with E-state index in [1.807, 2.05) is 22.9 Å². The highest BCUT2D eigenvalue weighted by atomic mass is 35.5. The fourth-order valence-electron chi connectivity index (χ4n) is 3.16. The van der Waals surface area contributed by atoms with Gasteiger partial charge in [-0.1, -0.05) is 47.5 Å². The first-order chi connectivity index (χ1) is 12.4. The topological polar surface area (TPSA) is 17.3 Å². The number of hydrogen-bond acceptors (Lipinski definition) is 1. The molecule has 4 rings (SSSR count). The number of rotatable bonds is 2. The molecule has 2 heterocycles. The summed E-state index contributed by atoms with van der Waals surface area (Å²) in [4.78, 5) is 4.71. The SMILES string of the molecule is CC(F)(F)c1ccc(C2=NCc3c(Cl)ccc(Cl)c3-n3cccc32)cc1. The first-order valence-electron chi connectivity index (χ1n) is 8.04. The van der Waals surface area contributed by atoms with E-state index in [-0.39, 0.29) is 5.56 Å². The van der Waals surface area contributed by atoms with Crippen LogP contribution in [0.3, 0.4) is 0 Å². The van der Waals surface area contributed by atoms with Gasteiger partial charge in [0.05, 0.1) is 28.7 Å². The fourth-order valence-corrected chi connectivity index (χ4v) is 3.64. The molecule has 26 heavy (non-hydrogen) atoms. The molecular formula is C20H14Cl2F2N2. The molecule has 1 aliphatic heterocycles. The molecule has 0 atom stereocenters. The van der Waals surface area contributed by atoms with Gasteiger partial charge in [0.2, 0.25) is 0 Å². The van der Waals surface area contributed by atoms with Crippen molar-refractivity contribution in [3.05, 3.63) is 87.2 Å². The molecule has 0 spiro atoms. The third-order valence-corrected chi connectivity index (χ3v) is 5.13. The van der Waals surface area contributed by atoms with Gasteiger partial charge in [0.1, 0.15) is 0 Å². The van der Waals surface area contributed by atoms with Crippen LogP contribution in [0, 0.1) is 0 Å². The van der Waals surface area contributed by atoms with Crippen LogP contribution in [0.2, 0.25) is 10.0 Å². The summed E-state index contributed by atoms with van der Waals surface area (Å²) in [5.74, 6) is -2.87. The van der Waals surface area contributed by atoms with Crippen LogP contribution in [0.1, 0.15) is 29.3 Å². The molecular weight excluding hydrogens is 377 g/mol. The Morgan fingerprint density at radius 2 is 1.69 bits per heavy atom. The Bertz CT molecular complexity index is 1020. The lowest BCUT2D eigenvalue weighted by atomic mass is 10.0. The summed E-state index contributed by atoms with van der Waals surface area (Å²) in [5, 5.41) is 1.18. The molecule has 0 amide bonds. The first-order valence-corrected chi connectivity index (χ1v) is 8.80. The summed E-state index contributed by atoms with van der Waals surface area (Å²) in [6, 6.07) is 13.5. The third-order valence-electron chi connectivity index (χ3n) is 4.47. The summed E-state index contributed by atoms with van der Waals surface area (Å²) in [6.07, 6.45) is 1.89. The first kappa shape index (κ1) is 17.3. The van der Waals surface area contributed by atoms with Gasteiger partial charge in [0.15, 0.2) is 0 Å². The van der Waals surface area contributed by atoms with Crippen molar-refractivity contribution in [3.63, 3.8) is 0 Å². The van der Waals surface area contributed by atoms with Crippen LogP contribution in [0.5, 0.6) is 0 Å². The molecule has 3 aromatic rings. The van der Waals surface area contributed by atoms with E-state index in [2.05, 4.69) is 0 Å².